The molecule has 4 aliphatic rings. The molecule has 4 aliphatic carbocycles. The summed E-state index contributed by atoms with van der Waals surface area (Å²) in [6, 6.07) is 0. The topological polar surface area (TPSA) is 110 Å². The summed E-state index contributed by atoms with van der Waals surface area (Å²) < 4.78 is 6.46. The molecule has 4 saturated carbocycles. The highest BCUT2D eigenvalue weighted by Gasteiger charge is 2.42. The second-order valence-corrected chi connectivity index (χ2v) is 14.0. The number of ether oxygens (including phenoxy) is 1. The summed E-state index contributed by atoms with van der Waals surface area (Å²) in [6.45, 7) is 10.5. The number of carbonyl (C=O) groups is 2. The molecule has 2 amide bonds. The van der Waals surface area contributed by atoms with Crippen LogP contribution in [0.4, 0.5) is 0 Å². The van der Waals surface area contributed by atoms with Crippen molar-refractivity contribution in [1.29, 1.82) is 0 Å². The summed E-state index contributed by atoms with van der Waals surface area (Å²) >= 11 is 0. The zero-order valence-electron chi connectivity index (χ0n) is 26.1. The third-order valence-electron chi connectivity index (χ3n) is 10.9. The lowest BCUT2D eigenvalue weighted by Gasteiger charge is -2.44. The smallest absolute Gasteiger partial charge is 0.239 e. The van der Waals surface area contributed by atoms with Gasteiger partial charge in [-0.1, -0.05) is 33.6 Å². The van der Waals surface area contributed by atoms with Crippen molar-refractivity contribution in [3.63, 3.8) is 0 Å². The van der Waals surface area contributed by atoms with Crippen LogP contribution in [0.3, 0.4) is 0 Å². The van der Waals surface area contributed by atoms with Crippen LogP contribution in [0.5, 0.6) is 0 Å². The molecule has 4 N–H and O–H groups in total. The Hall–Kier alpha value is -1.26. The van der Waals surface area contributed by atoms with E-state index in [1.807, 2.05) is 6.92 Å². The minimum Gasteiger partial charge on any atom is -0.378 e. The van der Waals surface area contributed by atoms with Crippen molar-refractivity contribution in [2.24, 2.45) is 53.3 Å². The molecule has 0 aromatic heterocycles. The first-order chi connectivity index (χ1) is 19.9. The number of hydrogen-bond donors (Lipinski definition) is 4. The van der Waals surface area contributed by atoms with Gasteiger partial charge in [0.25, 0.3) is 0 Å². The summed E-state index contributed by atoms with van der Waals surface area (Å²) in [6.07, 6.45) is 14.4. The maximum absolute atomic E-state index is 13.1. The number of hydrazine groups is 2. The van der Waals surface area contributed by atoms with E-state index in [0.717, 1.165) is 50.0 Å². The van der Waals surface area contributed by atoms with Crippen LogP contribution >= 0.6 is 0 Å². The standard InChI is InChI=1S/C32H58N4O5/c1-5-40-35-33-31(37)26-16-24(17-27(18-26)39-19-23-11-13-25(14-12-23)21(2)3)20-41-36-34-32(38)30-15-10-22(4)28-8-6-7-9-29(28)30/h21-30,35-36H,5-20H2,1-4H3,(H,33,37)(H,34,38). The molecule has 0 heterocycles. The molecule has 41 heavy (non-hydrogen) atoms. The third-order valence-corrected chi connectivity index (χ3v) is 10.9. The summed E-state index contributed by atoms with van der Waals surface area (Å²) in [7, 11) is 0. The summed E-state index contributed by atoms with van der Waals surface area (Å²) in [4.78, 5) is 36.8. The normalized spacial score (nSPS) is 36.0. The van der Waals surface area contributed by atoms with Crippen LogP contribution in [0.2, 0.25) is 0 Å². The van der Waals surface area contributed by atoms with Gasteiger partial charge in [0, 0.05) is 18.4 Å². The summed E-state index contributed by atoms with van der Waals surface area (Å²) in [5, 5.41) is 0. The van der Waals surface area contributed by atoms with Crippen LogP contribution in [0.1, 0.15) is 111 Å². The summed E-state index contributed by atoms with van der Waals surface area (Å²) in [5.74, 6) is 4.12. The van der Waals surface area contributed by atoms with Crippen molar-refractivity contribution in [3.05, 3.63) is 0 Å². The second kappa shape index (κ2) is 16.6. The molecule has 236 valence electrons. The lowest BCUT2D eigenvalue weighted by atomic mass is 9.61. The van der Waals surface area contributed by atoms with Gasteiger partial charge < -0.3 is 4.74 Å². The van der Waals surface area contributed by atoms with Gasteiger partial charge in [-0.2, -0.15) is 0 Å². The van der Waals surface area contributed by atoms with Gasteiger partial charge in [0.15, 0.2) is 0 Å². The van der Waals surface area contributed by atoms with Gasteiger partial charge in [-0.3, -0.25) is 30.1 Å². The Bertz CT molecular complexity index is 805. The molecule has 7 atom stereocenters. The molecule has 0 spiro atoms. The van der Waals surface area contributed by atoms with Gasteiger partial charge in [0.1, 0.15) is 0 Å². The number of rotatable bonds is 13. The predicted octanol–water partition coefficient (Wildman–Crippen LogP) is 5.23. The Morgan fingerprint density at radius 2 is 1.46 bits per heavy atom. The van der Waals surface area contributed by atoms with E-state index in [0.29, 0.717) is 43.8 Å². The molecular formula is C32H58N4O5. The fourth-order valence-electron chi connectivity index (χ4n) is 8.35. The number of hydrogen-bond acceptors (Lipinski definition) is 7. The fraction of sp³-hybridized carbons (Fsp3) is 0.938. The van der Waals surface area contributed by atoms with Crippen LogP contribution in [0.15, 0.2) is 0 Å². The maximum atomic E-state index is 13.1. The van der Waals surface area contributed by atoms with E-state index in [9.17, 15) is 9.59 Å². The average Bonchev–Trinajstić information content (AvgIpc) is 2.98. The molecule has 0 aliphatic heterocycles. The molecule has 0 saturated heterocycles. The predicted molar refractivity (Wildman–Crippen MR) is 158 cm³/mol. The Morgan fingerprint density at radius 1 is 0.756 bits per heavy atom. The SMILES string of the molecule is CCONNC(=O)C1CC(CONNC(=O)C2CCC(C)C3CCCCC23)CC(OCC2CCC(C(C)C)CC2)C1. The number of amides is 2. The lowest BCUT2D eigenvalue weighted by molar-refractivity contribution is -0.139. The van der Waals surface area contributed by atoms with Crippen molar-refractivity contribution < 1.29 is 24.0 Å². The summed E-state index contributed by atoms with van der Waals surface area (Å²) in [5.41, 5.74) is 10.8. The molecule has 0 radical (unpaired) electrons. The highest BCUT2D eigenvalue weighted by molar-refractivity contribution is 5.78. The van der Waals surface area contributed by atoms with Gasteiger partial charge in [0.05, 0.1) is 19.3 Å². The molecular weight excluding hydrogens is 520 g/mol. The lowest BCUT2D eigenvalue weighted by Crippen LogP contribution is -2.48. The van der Waals surface area contributed by atoms with Crippen LogP contribution in [-0.2, 0) is 24.0 Å². The largest absolute Gasteiger partial charge is 0.378 e. The maximum Gasteiger partial charge on any atom is 0.239 e. The van der Waals surface area contributed by atoms with E-state index in [4.69, 9.17) is 14.4 Å². The molecule has 4 fully saturated rings. The molecule has 9 nitrogen and oxygen atoms in total. The van der Waals surface area contributed by atoms with Crippen molar-refractivity contribution >= 4 is 11.8 Å². The van der Waals surface area contributed by atoms with Gasteiger partial charge in [-0.25, -0.2) is 0 Å². The Kier molecular flexibility index (Phi) is 13.2. The second-order valence-electron chi connectivity index (χ2n) is 14.0. The van der Waals surface area contributed by atoms with Gasteiger partial charge >= 0.3 is 0 Å². The average molecular weight is 579 g/mol. The van der Waals surface area contributed by atoms with E-state index in [1.54, 1.807) is 0 Å². The number of nitrogens with one attached hydrogen (secondary N) is 4. The number of fused-ring (bicyclic) bond motifs is 1. The Labute approximate surface area is 248 Å². The Morgan fingerprint density at radius 3 is 2.20 bits per heavy atom. The molecule has 9 heteroatoms. The molecule has 4 rings (SSSR count). The van der Waals surface area contributed by atoms with Crippen LogP contribution in [0, 0.1) is 53.3 Å². The zero-order valence-corrected chi connectivity index (χ0v) is 26.1. The van der Waals surface area contributed by atoms with E-state index in [-0.39, 0.29) is 35.7 Å². The van der Waals surface area contributed by atoms with Crippen molar-refractivity contribution in [1.82, 2.24) is 22.0 Å². The first-order valence-electron chi connectivity index (χ1n) is 16.8. The van der Waals surface area contributed by atoms with Gasteiger partial charge in [-0.05, 0) is 119 Å². The van der Waals surface area contributed by atoms with Crippen molar-refractivity contribution in [2.75, 3.05) is 19.8 Å². The van der Waals surface area contributed by atoms with Crippen LogP contribution < -0.4 is 22.0 Å². The molecule has 0 aromatic carbocycles. The Balaban J connectivity index is 1.23. The highest BCUT2D eigenvalue weighted by atomic mass is 16.7. The van der Waals surface area contributed by atoms with Crippen LogP contribution in [0.25, 0.3) is 0 Å². The van der Waals surface area contributed by atoms with Gasteiger partial charge in [0.2, 0.25) is 11.8 Å². The fourth-order valence-corrected chi connectivity index (χ4v) is 8.35. The molecule has 0 bridgehead atoms. The van der Waals surface area contributed by atoms with Gasteiger partial charge in [-0.15, -0.1) is 11.2 Å². The minimum absolute atomic E-state index is 0.0186. The van der Waals surface area contributed by atoms with Crippen LogP contribution in [-0.4, -0.2) is 37.7 Å². The third kappa shape index (κ3) is 9.62. The van der Waals surface area contributed by atoms with E-state index < -0.39 is 0 Å². The zero-order chi connectivity index (χ0) is 29.2. The monoisotopic (exact) mass is 578 g/mol. The van der Waals surface area contributed by atoms with E-state index >= 15 is 0 Å². The molecule has 7 unspecified atom stereocenters. The van der Waals surface area contributed by atoms with E-state index in [2.05, 4.69) is 42.8 Å². The van der Waals surface area contributed by atoms with Crippen molar-refractivity contribution in [3.8, 4) is 0 Å². The quantitative estimate of drug-likeness (QED) is 0.175. The first-order valence-corrected chi connectivity index (χ1v) is 16.8. The molecule has 0 aromatic rings. The van der Waals surface area contributed by atoms with Crippen molar-refractivity contribution in [2.45, 2.75) is 117 Å². The minimum atomic E-state index is -0.186. The number of carbonyl (C=O) groups excluding carboxylic acids is 2. The van der Waals surface area contributed by atoms with E-state index in [1.165, 1.54) is 44.9 Å². The highest BCUT2D eigenvalue weighted by Crippen LogP contribution is 2.46. The first kappa shape index (κ1) is 32.6.